The second-order valence-corrected chi connectivity index (χ2v) is 11.3. The highest BCUT2D eigenvalue weighted by Gasteiger charge is 2.27. The molecule has 0 saturated heterocycles. The van der Waals surface area contributed by atoms with Crippen molar-refractivity contribution in [2.45, 2.75) is 31.2 Å². The monoisotopic (exact) mass is 592 g/mol. The molecule has 0 aliphatic rings. The van der Waals surface area contributed by atoms with Gasteiger partial charge in [-0.2, -0.15) is 4.31 Å². The van der Waals surface area contributed by atoms with Gasteiger partial charge in [-0.3, -0.25) is 4.79 Å². The largest absolute Gasteiger partial charge is 0.462 e. The smallest absolute Gasteiger partial charge is 0.338 e. The summed E-state index contributed by atoms with van der Waals surface area (Å²) in [6, 6.07) is 19.2. The summed E-state index contributed by atoms with van der Waals surface area (Å²) in [5, 5.41) is 3.10. The van der Waals surface area contributed by atoms with Crippen molar-refractivity contribution in [1.82, 2.24) is 4.31 Å². The summed E-state index contributed by atoms with van der Waals surface area (Å²) in [5.74, 6) is -0.959. The molecule has 190 valence electrons. The van der Waals surface area contributed by atoms with Gasteiger partial charge in [0.25, 0.3) is 0 Å². The number of anilines is 1. The van der Waals surface area contributed by atoms with Crippen LogP contribution in [0.5, 0.6) is 0 Å². The van der Waals surface area contributed by atoms with Crippen LogP contribution in [0.4, 0.5) is 5.69 Å². The summed E-state index contributed by atoms with van der Waals surface area (Å²) in [6.45, 7) is 1.94. The van der Waals surface area contributed by atoms with E-state index in [-0.39, 0.29) is 11.4 Å². The first kappa shape index (κ1) is 27.9. The fraction of sp³-hybridized carbons (Fsp3) is 0.231. The van der Waals surface area contributed by atoms with Crippen molar-refractivity contribution in [3.05, 3.63) is 93.4 Å². The average molecular weight is 594 g/mol. The third-order valence-corrected chi connectivity index (χ3v) is 7.77. The molecular formula is C26H26BrClN2O5S. The van der Waals surface area contributed by atoms with E-state index in [0.717, 1.165) is 27.2 Å². The lowest BCUT2D eigenvalue weighted by atomic mass is 10.2. The molecule has 0 unspecified atom stereocenters. The molecule has 36 heavy (non-hydrogen) atoms. The molecule has 0 bridgehead atoms. The summed E-state index contributed by atoms with van der Waals surface area (Å²) < 4.78 is 33.9. The van der Waals surface area contributed by atoms with Gasteiger partial charge in [-0.25, -0.2) is 13.2 Å². The standard InChI is InChI=1S/C26H26BrClN2O5S/c1-2-3-16-35-26(32)20-6-12-23(13-7-20)29-25(31)18-30(17-19-4-8-21(27)9-5-19)36(33,34)24-14-10-22(28)11-15-24/h4-15H,2-3,16-18H2,1H3,(H,29,31). The van der Waals surface area contributed by atoms with Gasteiger partial charge in [0.2, 0.25) is 15.9 Å². The van der Waals surface area contributed by atoms with E-state index in [4.69, 9.17) is 16.3 Å². The van der Waals surface area contributed by atoms with E-state index in [1.54, 1.807) is 48.5 Å². The van der Waals surface area contributed by atoms with Crippen molar-refractivity contribution in [1.29, 1.82) is 0 Å². The first-order chi connectivity index (χ1) is 17.2. The molecule has 3 aromatic carbocycles. The van der Waals surface area contributed by atoms with E-state index in [1.165, 1.54) is 24.3 Å². The number of nitrogens with one attached hydrogen (secondary N) is 1. The zero-order valence-corrected chi connectivity index (χ0v) is 22.8. The van der Waals surface area contributed by atoms with Gasteiger partial charge in [-0.15, -0.1) is 0 Å². The van der Waals surface area contributed by atoms with Gasteiger partial charge in [0.1, 0.15) is 0 Å². The first-order valence-corrected chi connectivity index (χ1v) is 13.9. The number of ether oxygens (including phenoxy) is 1. The van der Waals surface area contributed by atoms with E-state index in [1.807, 2.05) is 6.92 Å². The lowest BCUT2D eigenvalue weighted by Crippen LogP contribution is -2.37. The van der Waals surface area contributed by atoms with Crippen LogP contribution in [-0.4, -0.2) is 37.8 Å². The molecule has 0 saturated carbocycles. The third-order valence-electron chi connectivity index (χ3n) is 5.18. The van der Waals surface area contributed by atoms with Crippen LogP contribution >= 0.6 is 27.5 Å². The van der Waals surface area contributed by atoms with Crippen LogP contribution in [0, 0.1) is 0 Å². The number of carbonyl (C=O) groups excluding carboxylic acids is 2. The number of unbranched alkanes of at least 4 members (excludes halogenated alkanes) is 1. The number of carbonyl (C=O) groups is 2. The van der Waals surface area contributed by atoms with Crippen LogP contribution < -0.4 is 5.32 Å². The number of amides is 1. The minimum absolute atomic E-state index is 0.00576. The Kier molecular flexibility index (Phi) is 10.1. The fourth-order valence-corrected chi connectivity index (χ4v) is 4.99. The number of esters is 1. The zero-order chi connectivity index (χ0) is 26.1. The first-order valence-electron chi connectivity index (χ1n) is 11.3. The van der Waals surface area contributed by atoms with Crippen molar-refractivity contribution in [3.63, 3.8) is 0 Å². The Balaban J connectivity index is 1.74. The highest BCUT2D eigenvalue weighted by atomic mass is 79.9. The van der Waals surface area contributed by atoms with Gasteiger partial charge in [0, 0.05) is 21.7 Å². The number of hydrogen-bond donors (Lipinski definition) is 1. The molecule has 7 nitrogen and oxygen atoms in total. The quantitative estimate of drug-likeness (QED) is 0.221. The lowest BCUT2D eigenvalue weighted by Gasteiger charge is -2.22. The molecule has 0 radical (unpaired) electrons. The highest BCUT2D eigenvalue weighted by Crippen LogP contribution is 2.22. The van der Waals surface area contributed by atoms with Gasteiger partial charge in [0.05, 0.1) is 23.6 Å². The van der Waals surface area contributed by atoms with E-state index >= 15 is 0 Å². The van der Waals surface area contributed by atoms with Crippen molar-refractivity contribution < 1.29 is 22.7 Å². The molecule has 0 aromatic heterocycles. The average Bonchev–Trinajstić information content (AvgIpc) is 2.85. The van der Waals surface area contributed by atoms with Crippen LogP contribution in [0.1, 0.15) is 35.7 Å². The second-order valence-electron chi connectivity index (χ2n) is 7.97. The Labute approximate surface area is 224 Å². The van der Waals surface area contributed by atoms with Crippen LogP contribution in [0.15, 0.2) is 82.2 Å². The van der Waals surface area contributed by atoms with E-state index in [0.29, 0.717) is 22.9 Å². The second kappa shape index (κ2) is 13.0. The Bertz CT molecular complexity index is 1280. The van der Waals surface area contributed by atoms with Crippen molar-refractivity contribution in [3.8, 4) is 0 Å². The molecule has 0 atom stereocenters. The summed E-state index contributed by atoms with van der Waals surface area (Å²) in [7, 11) is -4.00. The van der Waals surface area contributed by atoms with Crippen LogP contribution in [0.2, 0.25) is 5.02 Å². The molecule has 10 heteroatoms. The Morgan fingerprint density at radius 1 is 0.972 bits per heavy atom. The summed E-state index contributed by atoms with van der Waals surface area (Å²) in [5.41, 5.74) is 1.51. The minimum Gasteiger partial charge on any atom is -0.462 e. The maximum Gasteiger partial charge on any atom is 0.338 e. The van der Waals surface area contributed by atoms with Gasteiger partial charge < -0.3 is 10.1 Å². The van der Waals surface area contributed by atoms with Crippen molar-refractivity contribution in [2.24, 2.45) is 0 Å². The lowest BCUT2D eigenvalue weighted by molar-refractivity contribution is -0.116. The van der Waals surface area contributed by atoms with E-state index < -0.39 is 28.4 Å². The summed E-state index contributed by atoms with van der Waals surface area (Å²) in [6.07, 6.45) is 1.71. The molecule has 3 rings (SSSR count). The molecule has 0 spiro atoms. The molecule has 3 aromatic rings. The Morgan fingerprint density at radius 3 is 2.22 bits per heavy atom. The number of hydrogen-bond acceptors (Lipinski definition) is 5. The number of sulfonamides is 1. The van der Waals surface area contributed by atoms with Gasteiger partial charge in [0.15, 0.2) is 0 Å². The van der Waals surface area contributed by atoms with Gasteiger partial charge in [-0.05, 0) is 72.6 Å². The third kappa shape index (κ3) is 7.89. The predicted molar refractivity (Wildman–Crippen MR) is 143 cm³/mol. The molecular weight excluding hydrogens is 568 g/mol. The van der Waals surface area contributed by atoms with Crippen molar-refractivity contribution in [2.75, 3.05) is 18.5 Å². The molecule has 0 aliphatic carbocycles. The number of nitrogens with zero attached hydrogens (tertiary/aromatic N) is 1. The normalized spacial score (nSPS) is 11.3. The maximum absolute atomic E-state index is 13.4. The zero-order valence-electron chi connectivity index (χ0n) is 19.6. The Hall–Kier alpha value is -2.72. The topological polar surface area (TPSA) is 92.8 Å². The molecule has 0 fully saturated rings. The SMILES string of the molecule is CCCCOC(=O)c1ccc(NC(=O)CN(Cc2ccc(Br)cc2)S(=O)(=O)c2ccc(Cl)cc2)cc1. The van der Waals surface area contributed by atoms with Crippen LogP contribution in [0.3, 0.4) is 0 Å². The summed E-state index contributed by atoms with van der Waals surface area (Å²) in [4.78, 5) is 25.0. The molecule has 0 aliphatic heterocycles. The predicted octanol–water partition coefficient (Wildman–Crippen LogP) is 5.89. The number of rotatable bonds is 11. The molecule has 1 N–H and O–H groups in total. The number of benzene rings is 3. The Morgan fingerprint density at radius 2 is 1.61 bits per heavy atom. The minimum atomic E-state index is -4.00. The summed E-state index contributed by atoms with van der Waals surface area (Å²) >= 11 is 9.28. The fourth-order valence-electron chi connectivity index (χ4n) is 3.22. The number of halogens is 2. The van der Waals surface area contributed by atoms with Crippen LogP contribution in [-0.2, 0) is 26.1 Å². The molecule has 1 amide bonds. The van der Waals surface area contributed by atoms with Gasteiger partial charge in [-0.1, -0.05) is 53.0 Å². The van der Waals surface area contributed by atoms with E-state index in [9.17, 15) is 18.0 Å². The van der Waals surface area contributed by atoms with Crippen molar-refractivity contribution >= 4 is 55.1 Å². The van der Waals surface area contributed by atoms with Gasteiger partial charge >= 0.3 is 5.97 Å². The highest BCUT2D eigenvalue weighted by molar-refractivity contribution is 9.10. The van der Waals surface area contributed by atoms with E-state index in [2.05, 4.69) is 21.2 Å². The maximum atomic E-state index is 13.4. The van der Waals surface area contributed by atoms with Crippen LogP contribution in [0.25, 0.3) is 0 Å². The molecule has 0 heterocycles.